The Morgan fingerprint density at radius 2 is 1.89 bits per heavy atom. The molecule has 7 nitrogen and oxygen atoms in total. The van der Waals surface area contributed by atoms with Gasteiger partial charge in [0, 0.05) is 22.2 Å². The van der Waals surface area contributed by atoms with Crippen LogP contribution in [-0.2, 0) is 11.3 Å². The minimum atomic E-state index is -0.197. The van der Waals surface area contributed by atoms with Crippen LogP contribution in [0.15, 0.2) is 77.3 Å². The van der Waals surface area contributed by atoms with Crippen molar-refractivity contribution in [2.45, 2.75) is 19.4 Å². The van der Waals surface area contributed by atoms with Crippen LogP contribution in [0, 0.1) is 5.92 Å². The number of aromatic nitrogens is 2. The van der Waals surface area contributed by atoms with E-state index in [-0.39, 0.29) is 11.8 Å². The van der Waals surface area contributed by atoms with Gasteiger partial charge in [0.2, 0.25) is 17.6 Å². The molecule has 0 spiro atoms. The number of piperidine rings is 1. The number of amides is 1. The molecule has 1 N–H and O–H groups in total. The van der Waals surface area contributed by atoms with E-state index < -0.39 is 0 Å². The zero-order valence-electron chi connectivity index (χ0n) is 19.4. The minimum absolute atomic E-state index is 0.0787. The molecule has 1 saturated heterocycles. The van der Waals surface area contributed by atoms with Crippen molar-refractivity contribution in [1.82, 2.24) is 15.0 Å². The predicted octanol–water partition coefficient (Wildman–Crippen LogP) is 6.69. The average molecular weight is 523 g/mol. The first-order valence-corrected chi connectivity index (χ1v) is 12.4. The monoisotopic (exact) mass is 522 g/mol. The van der Waals surface area contributed by atoms with E-state index in [2.05, 4.69) is 20.4 Å². The lowest BCUT2D eigenvalue weighted by Gasteiger charge is -2.31. The van der Waals surface area contributed by atoms with Gasteiger partial charge in [-0.3, -0.25) is 9.69 Å². The summed E-state index contributed by atoms with van der Waals surface area (Å²) >= 11 is 12.3. The fraction of sp³-hybridized carbons (Fsp3) is 0.222. The molecule has 0 radical (unpaired) electrons. The summed E-state index contributed by atoms with van der Waals surface area (Å²) in [5, 5.41) is 8.22. The van der Waals surface area contributed by atoms with Gasteiger partial charge in [-0.1, -0.05) is 58.7 Å². The highest BCUT2D eigenvalue weighted by atomic mass is 35.5. The molecule has 4 aromatic rings. The quantitative estimate of drug-likeness (QED) is 0.291. The average Bonchev–Trinajstić information content (AvgIpc) is 3.35. The van der Waals surface area contributed by atoms with Gasteiger partial charge >= 0.3 is 0 Å². The predicted molar refractivity (Wildman–Crippen MR) is 139 cm³/mol. The van der Waals surface area contributed by atoms with Gasteiger partial charge in [0.05, 0.1) is 18.2 Å². The molecule has 0 saturated carbocycles. The van der Waals surface area contributed by atoms with Crippen molar-refractivity contribution in [2.24, 2.45) is 5.92 Å². The number of benzene rings is 3. The third-order valence-electron chi connectivity index (χ3n) is 5.96. The number of likely N-dealkylation sites (tertiary alicyclic amines) is 1. The van der Waals surface area contributed by atoms with Gasteiger partial charge in [0.1, 0.15) is 5.75 Å². The van der Waals surface area contributed by atoms with Gasteiger partial charge in [-0.05, 0) is 61.9 Å². The van der Waals surface area contributed by atoms with E-state index in [4.69, 9.17) is 32.5 Å². The third kappa shape index (κ3) is 6.05. The summed E-state index contributed by atoms with van der Waals surface area (Å²) in [6.45, 7) is 1.89. The standard InChI is InChI=1S/C27H24Cl2N4O3/c28-20-8-4-6-18(14-20)26-31-25(36-32-26)17-33-13-5-7-19(16-33)27(34)30-23-15-21(29)11-12-24(23)35-22-9-2-1-3-10-22/h1-4,6,8-12,14-15,19H,5,7,13,16-17H2,(H,30,34). The van der Waals surface area contributed by atoms with E-state index in [9.17, 15) is 4.79 Å². The Kier molecular flexibility index (Phi) is 7.51. The summed E-state index contributed by atoms with van der Waals surface area (Å²) in [5.74, 6) is 1.93. The Balaban J connectivity index is 1.23. The molecule has 0 aliphatic carbocycles. The zero-order valence-corrected chi connectivity index (χ0v) is 20.9. The van der Waals surface area contributed by atoms with Crippen LogP contribution in [0.3, 0.4) is 0 Å². The van der Waals surface area contributed by atoms with E-state index in [0.29, 0.717) is 52.0 Å². The normalized spacial score (nSPS) is 16.0. The van der Waals surface area contributed by atoms with Gasteiger partial charge in [0.15, 0.2) is 5.75 Å². The highest BCUT2D eigenvalue weighted by Crippen LogP contribution is 2.33. The molecule has 5 rings (SSSR count). The topological polar surface area (TPSA) is 80.5 Å². The number of carbonyl (C=O) groups excluding carboxylic acids is 1. The highest BCUT2D eigenvalue weighted by Gasteiger charge is 2.27. The van der Waals surface area contributed by atoms with E-state index in [1.165, 1.54) is 0 Å². The molecule has 1 aromatic heterocycles. The Morgan fingerprint density at radius 3 is 2.72 bits per heavy atom. The van der Waals surface area contributed by atoms with Gasteiger partial charge < -0.3 is 14.6 Å². The third-order valence-corrected chi connectivity index (χ3v) is 6.43. The van der Waals surface area contributed by atoms with E-state index >= 15 is 0 Å². The molecule has 1 fully saturated rings. The Morgan fingerprint density at radius 1 is 1.06 bits per heavy atom. The van der Waals surface area contributed by atoms with Crippen LogP contribution in [-0.4, -0.2) is 34.0 Å². The fourth-order valence-electron chi connectivity index (χ4n) is 4.21. The summed E-state index contributed by atoms with van der Waals surface area (Å²) < 4.78 is 11.4. The molecule has 2 heterocycles. The highest BCUT2D eigenvalue weighted by molar-refractivity contribution is 6.31. The maximum Gasteiger partial charge on any atom is 0.241 e. The van der Waals surface area contributed by atoms with Gasteiger partial charge in [-0.2, -0.15) is 4.98 Å². The number of anilines is 1. The fourth-order valence-corrected chi connectivity index (χ4v) is 4.57. The van der Waals surface area contributed by atoms with Crippen molar-refractivity contribution < 1.29 is 14.1 Å². The summed E-state index contributed by atoms with van der Waals surface area (Å²) in [7, 11) is 0. The van der Waals surface area contributed by atoms with Gasteiger partial charge in [-0.25, -0.2) is 0 Å². The molecule has 9 heteroatoms. The molecule has 184 valence electrons. The van der Waals surface area contributed by atoms with Crippen LogP contribution in [0.5, 0.6) is 11.5 Å². The first-order valence-electron chi connectivity index (χ1n) is 11.7. The number of rotatable bonds is 7. The van der Waals surface area contributed by atoms with E-state index in [1.54, 1.807) is 30.3 Å². The number of nitrogens with one attached hydrogen (secondary N) is 1. The largest absolute Gasteiger partial charge is 0.455 e. The lowest BCUT2D eigenvalue weighted by Crippen LogP contribution is -2.40. The van der Waals surface area contributed by atoms with Crippen molar-refractivity contribution in [3.63, 3.8) is 0 Å². The molecule has 1 unspecified atom stereocenters. The van der Waals surface area contributed by atoms with Crippen LogP contribution < -0.4 is 10.1 Å². The van der Waals surface area contributed by atoms with Crippen LogP contribution in [0.25, 0.3) is 11.4 Å². The Bertz CT molecular complexity index is 1350. The van der Waals surface area contributed by atoms with Crippen molar-refractivity contribution in [1.29, 1.82) is 0 Å². The number of hydrogen-bond acceptors (Lipinski definition) is 6. The molecular weight excluding hydrogens is 499 g/mol. The molecule has 3 aromatic carbocycles. The van der Waals surface area contributed by atoms with Crippen molar-refractivity contribution >= 4 is 34.8 Å². The second-order valence-corrected chi connectivity index (χ2v) is 9.51. The van der Waals surface area contributed by atoms with Crippen molar-refractivity contribution in [3.8, 4) is 22.9 Å². The summed E-state index contributed by atoms with van der Waals surface area (Å²) in [6.07, 6.45) is 1.67. The smallest absolute Gasteiger partial charge is 0.241 e. The van der Waals surface area contributed by atoms with Crippen molar-refractivity contribution in [3.05, 3.63) is 88.7 Å². The van der Waals surface area contributed by atoms with Crippen LogP contribution in [0.2, 0.25) is 10.0 Å². The van der Waals surface area contributed by atoms with E-state index in [1.807, 2.05) is 42.5 Å². The van der Waals surface area contributed by atoms with Crippen molar-refractivity contribution in [2.75, 3.05) is 18.4 Å². The first-order chi connectivity index (χ1) is 17.5. The van der Waals surface area contributed by atoms with Crippen LogP contribution >= 0.6 is 23.2 Å². The van der Waals surface area contributed by atoms with Gasteiger partial charge in [-0.15, -0.1) is 0 Å². The minimum Gasteiger partial charge on any atom is -0.455 e. The Hall–Kier alpha value is -3.39. The first kappa shape index (κ1) is 24.3. The second-order valence-electron chi connectivity index (χ2n) is 8.64. The molecule has 0 bridgehead atoms. The van der Waals surface area contributed by atoms with Crippen LogP contribution in [0.1, 0.15) is 18.7 Å². The number of hydrogen-bond donors (Lipinski definition) is 1. The lowest BCUT2D eigenvalue weighted by molar-refractivity contribution is -0.121. The molecule has 1 aliphatic heterocycles. The molecule has 36 heavy (non-hydrogen) atoms. The zero-order chi connectivity index (χ0) is 24.9. The maximum atomic E-state index is 13.2. The van der Waals surface area contributed by atoms with Gasteiger partial charge in [0.25, 0.3) is 0 Å². The second kappa shape index (κ2) is 11.1. The van der Waals surface area contributed by atoms with E-state index in [0.717, 1.165) is 24.9 Å². The number of halogens is 2. The Labute approximate surface area is 219 Å². The summed E-state index contributed by atoms with van der Waals surface area (Å²) in [5.41, 5.74) is 1.33. The summed E-state index contributed by atoms with van der Waals surface area (Å²) in [6, 6.07) is 21.9. The maximum absolute atomic E-state index is 13.2. The van der Waals surface area contributed by atoms with Crippen LogP contribution in [0.4, 0.5) is 5.69 Å². The number of ether oxygens (including phenoxy) is 1. The molecule has 1 aliphatic rings. The molecule has 1 amide bonds. The molecular formula is C27H24Cl2N4O3. The number of para-hydroxylation sites is 1. The number of nitrogens with zero attached hydrogens (tertiary/aromatic N) is 3. The SMILES string of the molecule is O=C(Nc1cc(Cl)ccc1Oc1ccccc1)C1CCCN(Cc2nc(-c3cccc(Cl)c3)no2)C1. The lowest BCUT2D eigenvalue weighted by atomic mass is 9.97. The molecule has 1 atom stereocenters. The number of carbonyl (C=O) groups is 1. The summed E-state index contributed by atoms with van der Waals surface area (Å²) in [4.78, 5) is 19.9.